The van der Waals surface area contributed by atoms with Gasteiger partial charge in [-0.2, -0.15) is 5.10 Å². The molecule has 19 heavy (non-hydrogen) atoms. The van der Waals surface area contributed by atoms with Crippen LogP contribution in [0.3, 0.4) is 0 Å². The average molecular weight is 259 g/mol. The Hall–Kier alpha value is -1.75. The monoisotopic (exact) mass is 259 g/mol. The van der Waals surface area contributed by atoms with Gasteiger partial charge in [0, 0.05) is 25.4 Å². The van der Waals surface area contributed by atoms with Gasteiger partial charge in [0.05, 0.1) is 17.4 Å². The molecule has 1 N–H and O–H groups in total. The maximum atomic E-state index is 4.39. The molecule has 0 fully saturated rings. The van der Waals surface area contributed by atoms with E-state index < -0.39 is 0 Å². The van der Waals surface area contributed by atoms with Gasteiger partial charge in [-0.3, -0.25) is 4.68 Å². The van der Waals surface area contributed by atoms with E-state index in [4.69, 9.17) is 0 Å². The molecule has 5 nitrogen and oxygen atoms in total. The summed E-state index contributed by atoms with van der Waals surface area (Å²) in [7, 11) is 1.99. The van der Waals surface area contributed by atoms with Crippen molar-refractivity contribution in [3.63, 3.8) is 0 Å². The van der Waals surface area contributed by atoms with Crippen LogP contribution in [0, 0.1) is 6.92 Å². The van der Waals surface area contributed by atoms with E-state index in [1.165, 1.54) is 5.69 Å². The summed E-state index contributed by atoms with van der Waals surface area (Å²) < 4.78 is 1.94. The second-order valence-electron chi connectivity index (χ2n) is 4.75. The SMILES string of the molecule is CCCNC(Cc1cc(C)nn1C)c1ccncn1. The van der Waals surface area contributed by atoms with Crippen LogP contribution in [0.1, 0.15) is 36.5 Å². The Morgan fingerprint density at radius 2 is 2.26 bits per heavy atom. The molecule has 0 aliphatic heterocycles. The van der Waals surface area contributed by atoms with Crippen molar-refractivity contribution in [2.24, 2.45) is 7.05 Å². The van der Waals surface area contributed by atoms with Gasteiger partial charge in [-0.25, -0.2) is 9.97 Å². The lowest BCUT2D eigenvalue weighted by Gasteiger charge is -2.17. The molecule has 2 aromatic rings. The van der Waals surface area contributed by atoms with Crippen LogP contribution in [-0.2, 0) is 13.5 Å². The van der Waals surface area contributed by atoms with E-state index in [0.717, 1.165) is 30.8 Å². The minimum Gasteiger partial charge on any atom is -0.308 e. The van der Waals surface area contributed by atoms with Crippen molar-refractivity contribution in [1.82, 2.24) is 25.1 Å². The number of rotatable bonds is 6. The molecule has 2 aromatic heterocycles. The summed E-state index contributed by atoms with van der Waals surface area (Å²) in [5, 5.41) is 7.93. The largest absolute Gasteiger partial charge is 0.308 e. The molecule has 0 aliphatic rings. The van der Waals surface area contributed by atoms with Crippen molar-refractivity contribution < 1.29 is 0 Å². The second kappa shape index (κ2) is 6.43. The highest BCUT2D eigenvalue weighted by Gasteiger charge is 2.15. The minimum absolute atomic E-state index is 0.206. The molecule has 2 rings (SSSR count). The molecule has 0 radical (unpaired) electrons. The predicted octanol–water partition coefficient (Wildman–Crippen LogP) is 1.80. The van der Waals surface area contributed by atoms with E-state index in [9.17, 15) is 0 Å². The van der Waals surface area contributed by atoms with E-state index in [-0.39, 0.29) is 6.04 Å². The van der Waals surface area contributed by atoms with Gasteiger partial charge in [0.1, 0.15) is 6.33 Å². The van der Waals surface area contributed by atoms with E-state index >= 15 is 0 Å². The third-order valence-corrected chi connectivity index (χ3v) is 3.11. The van der Waals surface area contributed by atoms with Gasteiger partial charge in [0.2, 0.25) is 0 Å². The first-order valence-corrected chi connectivity index (χ1v) is 6.69. The van der Waals surface area contributed by atoms with Crippen molar-refractivity contribution in [2.45, 2.75) is 32.7 Å². The maximum Gasteiger partial charge on any atom is 0.115 e. The minimum atomic E-state index is 0.206. The predicted molar refractivity (Wildman–Crippen MR) is 74.7 cm³/mol. The molecule has 0 spiro atoms. The van der Waals surface area contributed by atoms with Gasteiger partial charge < -0.3 is 5.32 Å². The van der Waals surface area contributed by atoms with Gasteiger partial charge in [-0.15, -0.1) is 0 Å². The Bertz CT molecular complexity index is 506. The Labute approximate surface area is 114 Å². The smallest absolute Gasteiger partial charge is 0.115 e. The number of aryl methyl sites for hydroxylation is 2. The molecule has 1 unspecified atom stereocenters. The van der Waals surface area contributed by atoms with Gasteiger partial charge in [0.15, 0.2) is 0 Å². The number of nitrogens with zero attached hydrogens (tertiary/aromatic N) is 4. The Kier molecular flexibility index (Phi) is 4.63. The van der Waals surface area contributed by atoms with Crippen LogP contribution in [0.2, 0.25) is 0 Å². The summed E-state index contributed by atoms with van der Waals surface area (Å²) in [5.41, 5.74) is 3.29. The molecule has 0 saturated carbocycles. The molecule has 1 atom stereocenters. The average Bonchev–Trinajstić information content (AvgIpc) is 2.73. The summed E-state index contributed by atoms with van der Waals surface area (Å²) in [6.45, 7) is 5.16. The van der Waals surface area contributed by atoms with Crippen LogP contribution < -0.4 is 5.32 Å². The Balaban J connectivity index is 2.16. The van der Waals surface area contributed by atoms with Gasteiger partial charge in [-0.05, 0) is 32.0 Å². The van der Waals surface area contributed by atoms with Crippen molar-refractivity contribution in [3.8, 4) is 0 Å². The van der Waals surface area contributed by atoms with E-state index in [0.29, 0.717) is 0 Å². The summed E-state index contributed by atoms with van der Waals surface area (Å²) >= 11 is 0. The Morgan fingerprint density at radius 1 is 1.42 bits per heavy atom. The van der Waals surface area contributed by atoms with Crippen molar-refractivity contribution in [3.05, 3.63) is 41.7 Å². The lowest BCUT2D eigenvalue weighted by atomic mass is 10.1. The maximum absolute atomic E-state index is 4.39. The van der Waals surface area contributed by atoms with Crippen LogP contribution in [0.4, 0.5) is 0 Å². The first-order chi connectivity index (χ1) is 9.20. The molecule has 102 valence electrons. The summed E-state index contributed by atoms with van der Waals surface area (Å²) in [6, 6.07) is 4.30. The molecular weight excluding hydrogens is 238 g/mol. The molecule has 0 saturated heterocycles. The van der Waals surface area contributed by atoms with Crippen molar-refractivity contribution in [1.29, 1.82) is 0 Å². The van der Waals surface area contributed by atoms with Crippen LogP contribution in [-0.4, -0.2) is 26.3 Å². The summed E-state index contributed by atoms with van der Waals surface area (Å²) in [5.74, 6) is 0. The molecule has 5 heteroatoms. The summed E-state index contributed by atoms with van der Waals surface area (Å²) in [4.78, 5) is 8.34. The van der Waals surface area contributed by atoms with Crippen LogP contribution >= 0.6 is 0 Å². The third-order valence-electron chi connectivity index (χ3n) is 3.11. The number of hydrogen-bond donors (Lipinski definition) is 1. The van der Waals surface area contributed by atoms with Crippen molar-refractivity contribution >= 4 is 0 Å². The first kappa shape index (κ1) is 13.7. The van der Waals surface area contributed by atoms with Crippen LogP contribution in [0.15, 0.2) is 24.7 Å². The fourth-order valence-corrected chi connectivity index (χ4v) is 2.17. The van der Waals surface area contributed by atoms with E-state index in [2.05, 4.69) is 33.4 Å². The molecule has 0 aromatic carbocycles. The normalized spacial score (nSPS) is 12.6. The van der Waals surface area contributed by atoms with Gasteiger partial charge in [0.25, 0.3) is 0 Å². The number of nitrogens with one attached hydrogen (secondary N) is 1. The molecule has 0 aliphatic carbocycles. The zero-order valence-corrected chi connectivity index (χ0v) is 11.8. The standard InChI is InChI=1S/C14H21N5/c1-4-6-16-14(13-5-7-15-10-17-13)9-12-8-11(2)18-19(12)3/h5,7-8,10,14,16H,4,6,9H2,1-3H3. The Morgan fingerprint density at radius 3 is 2.84 bits per heavy atom. The van der Waals surface area contributed by atoms with E-state index in [1.54, 1.807) is 12.5 Å². The highest BCUT2D eigenvalue weighted by molar-refractivity contribution is 5.14. The molecule has 2 heterocycles. The zero-order chi connectivity index (χ0) is 13.7. The fraction of sp³-hybridized carbons (Fsp3) is 0.500. The molecule has 0 amide bonds. The van der Waals surface area contributed by atoms with E-state index in [1.807, 2.05) is 24.7 Å². The van der Waals surface area contributed by atoms with Gasteiger partial charge in [-0.1, -0.05) is 6.92 Å². The third kappa shape index (κ3) is 3.61. The molecule has 0 bridgehead atoms. The zero-order valence-electron chi connectivity index (χ0n) is 11.8. The summed E-state index contributed by atoms with van der Waals surface area (Å²) in [6.07, 6.45) is 5.38. The quantitative estimate of drug-likeness (QED) is 0.859. The van der Waals surface area contributed by atoms with Crippen LogP contribution in [0.5, 0.6) is 0 Å². The van der Waals surface area contributed by atoms with Crippen LogP contribution in [0.25, 0.3) is 0 Å². The topological polar surface area (TPSA) is 55.6 Å². The number of aromatic nitrogens is 4. The first-order valence-electron chi connectivity index (χ1n) is 6.69. The highest BCUT2D eigenvalue weighted by atomic mass is 15.3. The highest BCUT2D eigenvalue weighted by Crippen LogP contribution is 2.16. The molecular formula is C14H21N5. The van der Waals surface area contributed by atoms with Gasteiger partial charge >= 0.3 is 0 Å². The van der Waals surface area contributed by atoms with Crippen molar-refractivity contribution in [2.75, 3.05) is 6.54 Å². The second-order valence-corrected chi connectivity index (χ2v) is 4.75. The number of hydrogen-bond acceptors (Lipinski definition) is 4. The fourth-order valence-electron chi connectivity index (χ4n) is 2.17. The lowest BCUT2D eigenvalue weighted by Crippen LogP contribution is -2.25. The lowest BCUT2D eigenvalue weighted by molar-refractivity contribution is 0.501.